The van der Waals surface area contributed by atoms with Crippen LogP contribution in [0.2, 0.25) is 0 Å². The van der Waals surface area contributed by atoms with Crippen LogP contribution < -0.4 is 10.2 Å². The second-order valence-corrected chi connectivity index (χ2v) is 9.81. The van der Waals surface area contributed by atoms with Gasteiger partial charge in [0.15, 0.2) is 0 Å². The number of piperidine rings is 1. The van der Waals surface area contributed by atoms with Gasteiger partial charge < -0.3 is 15.0 Å². The molecule has 1 aromatic heterocycles. The van der Waals surface area contributed by atoms with Crippen molar-refractivity contribution in [3.8, 4) is 11.3 Å². The lowest BCUT2D eigenvalue weighted by Crippen LogP contribution is -2.46. The summed E-state index contributed by atoms with van der Waals surface area (Å²) in [6.45, 7) is 14.9. The minimum Gasteiger partial charge on any atom is -0.444 e. The first-order valence-corrected chi connectivity index (χ1v) is 11.5. The highest BCUT2D eigenvalue weighted by Crippen LogP contribution is 2.41. The number of halogens is 2. The SMILES string of the molecule is [C-]#[N+]c1ccc(-c2nc(N3CCC(NC(=O)OC(C)(C)C)CC3)c([N+](=O)[O-])c(C)c2Br)cc1F. The molecule has 0 radical (unpaired) electrons. The number of nitrogens with one attached hydrogen (secondary N) is 1. The molecule has 34 heavy (non-hydrogen) atoms. The summed E-state index contributed by atoms with van der Waals surface area (Å²) in [5.41, 5.74) is 0.270. The van der Waals surface area contributed by atoms with Crippen molar-refractivity contribution in [1.82, 2.24) is 10.3 Å². The summed E-state index contributed by atoms with van der Waals surface area (Å²) >= 11 is 3.39. The van der Waals surface area contributed by atoms with E-state index in [-0.39, 0.29) is 23.2 Å². The number of amides is 1. The predicted octanol–water partition coefficient (Wildman–Crippen LogP) is 5.91. The largest absolute Gasteiger partial charge is 0.444 e. The van der Waals surface area contributed by atoms with E-state index >= 15 is 0 Å². The fourth-order valence-corrected chi connectivity index (χ4v) is 4.25. The molecular weight excluding hydrogens is 509 g/mol. The Morgan fingerprint density at radius 3 is 2.56 bits per heavy atom. The van der Waals surface area contributed by atoms with Crippen molar-refractivity contribution in [1.29, 1.82) is 0 Å². The molecule has 1 amide bonds. The van der Waals surface area contributed by atoms with Crippen molar-refractivity contribution in [2.75, 3.05) is 18.0 Å². The van der Waals surface area contributed by atoms with Gasteiger partial charge in [0.25, 0.3) is 0 Å². The molecule has 0 atom stereocenters. The molecule has 3 rings (SSSR count). The minimum atomic E-state index is -0.687. The lowest BCUT2D eigenvalue weighted by Gasteiger charge is -2.33. The van der Waals surface area contributed by atoms with Gasteiger partial charge in [-0.1, -0.05) is 12.1 Å². The van der Waals surface area contributed by atoms with Gasteiger partial charge >= 0.3 is 11.8 Å². The van der Waals surface area contributed by atoms with Crippen LogP contribution in [0.15, 0.2) is 22.7 Å². The summed E-state index contributed by atoms with van der Waals surface area (Å²) in [4.78, 5) is 33.0. The highest BCUT2D eigenvalue weighted by molar-refractivity contribution is 9.10. The highest BCUT2D eigenvalue weighted by Gasteiger charge is 2.32. The van der Waals surface area contributed by atoms with Gasteiger partial charge in [0.05, 0.1) is 21.7 Å². The number of rotatable bonds is 4. The molecule has 0 saturated carbocycles. The van der Waals surface area contributed by atoms with Crippen LogP contribution in [0.25, 0.3) is 16.1 Å². The number of benzene rings is 1. The first-order chi connectivity index (χ1) is 15.9. The summed E-state index contributed by atoms with van der Waals surface area (Å²) in [5, 5.41) is 14.8. The molecule has 180 valence electrons. The minimum absolute atomic E-state index is 0.113. The second kappa shape index (κ2) is 9.93. The second-order valence-electron chi connectivity index (χ2n) is 9.01. The highest BCUT2D eigenvalue weighted by atomic mass is 79.9. The topological polar surface area (TPSA) is 102 Å². The Morgan fingerprint density at radius 1 is 1.38 bits per heavy atom. The smallest absolute Gasteiger partial charge is 0.407 e. The molecule has 0 aliphatic carbocycles. The quantitative estimate of drug-likeness (QED) is 0.297. The fraction of sp³-hybridized carbons (Fsp3) is 0.435. The summed E-state index contributed by atoms with van der Waals surface area (Å²) in [5.74, 6) is -0.501. The number of carbonyl (C=O) groups is 1. The standard InChI is InChI=1S/C23H25BrFN5O4/c1-13-18(24)19(14-6-7-17(26-5)16(25)12-14)28-21(20(13)30(32)33)29-10-8-15(9-11-29)27-22(31)34-23(2,3)4/h6-7,12,15H,8-11H2,1-4H3,(H,27,31). The first-order valence-electron chi connectivity index (χ1n) is 10.7. The molecule has 1 aliphatic heterocycles. The normalized spacial score (nSPS) is 14.4. The maximum atomic E-state index is 14.3. The monoisotopic (exact) mass is 533 g/mol. The number of hydrogen-bond acceptors (Lipinski definition) is 6. The Balaban J connectivity index is 1.90. The van der Waals surface area contributed by atoms with Crippen LogP contribution in [0.5, 0.6) is 0 Å². The average molecular weight is 534 g/mol. The Labute approximate surface area is 205 Å². The molecule has 1 aliphatic rings. The van der Waals surface area contributed by atoms with Crippen molar-refractivity contribution in [3.63, 3.8) is 0 Å². The molecule has 0 bridgehead atoms. The molecule has 2 aromatic rings. The first kappa shape index (κ1) is 25.4. The van der Waals surface area contributed by atoms with Crippen LogP contribution >= 0.6 is 15.9 Å². The molecule has 9 nitrogen and oxygen atoms in total. The van der Waals surface area contributed by atoms with E-state index in [0.717, 1.165) is 0 Å². The maximum Gasteiger partial charge on any atom is 0.407 e. The number of anilines is 1. The number of nitrogens with zero attached hydrogens (tertiary/aromatic N) is 4. The third kappa shape index (κ3) is 5.62. The summed E-state index contributed by atoms with van der Waals surface area (Å²) in [6, 6.07) is 3.99. The van der Waals surface area contributed by atoms with Crippen molar-refractivity contribution in [2.45, 2.75) is 52.2 Å². The van der Waals surface area contributed by atoms with Crippen molar-refractivity contribution in [3.05, 3.63) is 55.6 Å². The molecule has 1 fully saturated rings. The van der Waals surface area contributed by atoms with E-state index in [1.807, 2.05) is 0 Å². The number of hydrogen-bond donors (Lipinski definition) is 1. The lowest BCUT2D eigenvalue weighted by molar-refractivity contribution is -0.385. The van der Waals surface area contributed by atoms with E-state index in [4.69, 9.17) is 11.3 Å². The molecule has 0 spiro atoms. The van der Waals surface area contributed by atoms with Crippen LogP contribution in [0.1, 0.15) is 39.2 Å². The van der Waals surface area contributed by atoms with Gasteiger partial charge in [0, 0.05) is 30.3 Å². The fourth-order valence-electron chi connectivity index (χ4n) is 3.74. The third-order valence-corrected chi connectivity index (χ3v) is 6.33. The van der Waals surface area contributed by atoms with Gasteiger partial charge in [-0.3, -0.25) is 10.1 Å². The number of alkyl carbamates (subject to hydrolysis) is 1. The molecule has 2 heterocycles. The number of ether oxygens (including phenoxy) is 1. The Bertz CT molecular complexity index is 1170. The molecule has 11 heteroatoms. The zero-order chi connectivity index (χ0) is 25.2. The van der Waals surface area contributed by atoms with Gasteiger partial charge in [-0.15, -0.1) is 0 Å². The van der Waals surface area contributed by atoms with E-state index < -0.39 is 22.4 Å². The third-order valence-electron chi connectivity index (χ3n) is 5.36. The number of nitro groups is 1. The van der Waals surface area contributed by atoms with Crippen molar-refractivity contribution < 1.29 is 18.8 Å². The van der Waals surface area contributed by atoms with Crippen LogP contribution in [-0.4, -0.2) is 40.7 Å². The summed E-state index contributed by atoms with van der Waals surface area (Å²) in [7, 11) is 0. The van der Waals surface area contributed by atoms with E-state index in [9.17, 15) is 19.3 Å². The molecule has 1 aromatic carbocycles. The van der Waals surface area contributed by atoms with Crippen molar-refractivity contribution in [2.24, 2.45) is 0 Å². The van der Waals surface area contributed by atoms with Gasteiger partial charge in [0.2, 0.25) is 11.5 Å². The van der Waals surface area contributed by atoms with Crippen LogP contribution in [0, 0.1) is 29.4 Å². The Morgan fingerprint density at radius 2 is 2.03 bits per heavy atom. The molecule has 0 unspecified atom stereocenters. The van der Waals surface area contributed by atoms with Gasteiger partial charge in [-0.25, -0.2) is 19.0 Å². The predicted molar refractivity (Wildman–Crippen MR) is 130 cm³/mol. The van der Waals surface area contributed by atoms with Crippen LogP contribution in [-0.2, 0) is 4.74 Å². The average Bonchev–Trinajstić information content (AvgIpc) is 2.74. The van der Waals surface area contributed by atoms with Crippen molar-refractivity contribution >= 4 is 39.2 Å². The summed E-state index contributed by atoms with van der Waals surface area (Å²) < 4.78 is 20.0. The number of aromatic nitrogens is 1. The van der Waals surface area contributed by atoms with E-state index in [2.05, 4.69) is 31.1 Å². The maximum absolute atomic E-state index is 14.3. The molecule has 1 N–H and O–H groups in total. The van der Waals surface area contributed by atoms with Crippen LogP contribution in [0.4, 0.5) is 26.4 Å². The van der Waals surface area contributed by atoms with Gasteiger partial charge in [0.1, 0.15) is 11.4 Å². The molecular formula is C23H25BrFN5O4. The van der Waals surface area contributed by atoms with Gasteiger partial charge in [-0.05, 0) is 62.5 Å². The van der Waals surface area contributed by atoms with E-state index in [1.165, 1.54) is 12.1 Å². The van der Waals surface area contributed by atoms with Crippen LogP contribution in [0.3, 0.4) is 0 Å². The van der Waals surface area contributed by atoms with Gasteiger partial charge in [-0.2, -0.15) is 0 Å². The van der Waals surface area contributed by atoms with E-state index in [1.54, 1.807) is 38.7 Å². The molecule has 1 saturated heterocycles. The zero-order valence-electron chi connectivity index (χ0n) is 19.3. The summed E-state index contributed by atoms with van der Waals surface area (Å²) in [6.07, 6.45) is 0.606. The van der Waals surface area contributed by atoms with E-state index in [0.29, 0.717) is 47.2 Å². The number of pyridine rings is 1. The zero-order valence-corrected chi connectivity index (χ0v) is 20.9. The Kier molecular flexibility index (Phi) is 7.41. The Hall–Kier alpha value is -3.26. The number of carbonyl (C=O) groups excluding carboxylic acids is 1. The lowest BCUT2D eigenvalue weighted by atomic mass is 10.0.